The van der Waals surface area contributed by atoms with E-state index in [0.29, 0.717) is 5.11 Å². The molecule has 0 bridgehead atoms. The van der Waals surface area contributed by atoms with Crippen molar-refractivity contribution in [3.8, 4) is 5.75 Å². The van der Waals surface area contributed by atoms with Crippen molar-refractivity contribution in [2.45, 2.75) is 19.4 Å². The third-order valence-corrected chi connectivity index (χ3v) is 4.54. The van der Waals surface area contributed by atoms with E-state index in [1.165, 1.54) is 16.0 Å². The highest BCUT2D eigenvalue weighted by molar-refractivity contribution is 7.80. The molecule has 0 amide bonds. The van der Waals surface area contributed by atoms with E-state index < -0.39 is 0 Å². The Labute approximate surface area is 156 Å². The minimum atomic E-state index is 0.235. The zero-order chi connectivity index (χ0) is 18.2. The van der Waals surface area contributed by atoms with Crippen LogP contribution < -0.4 is 20.3 Å². The van der Waals surface area contributed by atoms with Crippen LogP contribution in [0.25, 0.3) is 0 Å². The molecular weight excluding hydrogens is 330 g/mol. The second kappa shape index (κ2) is 9.39. The van der Waals surface area contributed by atoms with E-state index in [1.807, 2.05) is 18.2 Å². The van der Waals surface area contributed by atoms with Crippen molar-refractivity contribution in [1.29, 1.82) is 0 Å². The summed E-state index contributed by atoms with van der Waals surface area (Å²) in [6, 6.07) is 16.7. The number of benzene rings is 2. The number of nitrogens with one attached hydrogen (secondary N) is 3. The Morgan fingerprint density at radius 1 is 1.12 bits per heavy atom. The minimum absolute atomic E-state index is 0.235. The van der Waals surface area contributed by atoms with Crippen LogP contribution in [0.3, 0.4) is 0 Å². The maximum atomic E-state index is 5.51. The van der Waals surface area contributed by atoms with Gasteiger partial charge in [-0.15, -0.1) is 0 Å². The fourth-order valence-corrected chi connectivity index (χ4v) is 2.97. The van der Waals surface area contributed by atoms with Gasteiger partial charge < -0.3 is 20.3 Å². The molecule has 3 N–H and O–H groups in total. The van der Waals surface area contributed by atoms with Gasteiger partial charge in [0.15, 0.2) is 5.11 Å². The Bertz CT molecular complexity index is 686. The average molecular weight is 359 g/mol. The highest BCUT2D eigenvalue weighted by Gasteiger charge is 2.21. The summed E-state index contributed by atoms with van der Waals surface area (Å²) in [4.78, 5) is 1.31. The predicted molar refractivity (Wildman–Crippen MR) is 109 cm³/mol. The average Bonchev–Trinajstić information content (AvgIpc) is 2.62. The molecule has 0 aliphatic rings. The van der Waals surface area contributed by atoms with Gasteiger partial charge in [0.1, 0.15) is 11.8 Å². The maximum Gasteiger partial charge on any atom is 0.171 e. The summed E-state index contributed by atoms with van der Waals surface area (Å²) in [5, 5.41) is 7.21. The summed E-state index contributed by atoms with van der Waals surface area (Å²) in [5.74, 6) is 0.907. The zero-order valence-electron chi connectivity index (χ0n) is 15.4. The van der Waals surface area contributed by atoms with Gasteiger partial charge in [-0.2, -0.15) is 0 Å². The van der Waals surface area contributed by atoms with Gasteiger partial charge in [0.2, 0.25) is 0 Å². The predicted octanol–water partition coefficient (Wildman–Crippen LogP) is 2.43. The van der Waals surface area contributed by atoms with Crippen LogP contribution in [0.15, 0.2) is 48.5 Å². The zero-order valence-corrected chi connectivity index (χ0v) is 16.2. The number of quaternary nitrogens is 1. The van der Waals surface area contributed by atoms with E-state index in [-0.39, 0.29) is 6.04 Å². The molecule has 0 aromatic heterocycles. The molecule has 2 aromatic carbocycles. The highest BCUT2D eigenvalue weighted by Crippen LogP contribution is 2.22. The third kappa shape index (κ3) is 5.44. The molecule has 134 valence electrons. The van der Waals surface area contributed by atoms with Gasteiger partial charge in [0.25, 0.3) is 0 Å². The van der Waals surface area contributed by atoms with Crippen molar-refractivity contribution < 1.29 is 9.64 Å². The van der Waals surface area contributed by atoms with E-state index in [9.17, 15) is 0 Å². The van der Waals surface area contributed by atoms with Crippen molar-refractivity contribution in [3.63, 3.8) is 0 Å². The standard InChI is InChI=1S/C20H27N3OS/c1-5-15-10-12-16(13-11-15)22-20(25)21-14-18(23(2)3)17-8-6-7-9-19(17)24-4/h6-13,18H,5,14H2,1-4H3,(H2,21,22,25)/p+1/t18-/m0/s1. The number of methoxy groups -OCH3 is 1. The molecule has 0 saturated heterocycles. The summed E-state index contributed by atoms with van der Waals surface area (Å²) in [6.45, 7) is 2.87. The Morgan fingerprint density at radius 2 is 1.80 bits per heavy atom. The smallest absolute Gasteiger partial charge is 0.171 e. The second-order valence-electron chi connectivity index (χ2n) is 6.26. The summed E-state index contributed by atoms with van der Waals surface area (Å²) < 4.78 is 5.51. The highest BCUT2D eigenvalue weighted by atomic mass is 32.1. The van der Waals surface area contributed by atoms with E-state index in [4.69, 9.17) is 17.0 Å². The van der Waals surface area contributed by atoms with Crippen LogP contribution in [0.1, 0.15) is 24.1 Å². The second-order valence-corrected chi connectivity index (χ2v) is 6.67. The van der Waals surface area contributed by atoms with Gasteiger partial charge >= 0.3 is 0 Å². The van der Waals surface area contributed by atoms with Crippen LogP contribution in [0, 0.1) is 0 Å². The molecule has 0 radical (unpaired) electrons. The van der Waals surface area contributed by atoms with Gasteiger partial charge in [-0.25, -0.2) is 0 Å². The summed E-state index contributed by atoms with van der Waals surface area (Å²) in [7, 11) is 5.98. The molecule has 0 aliphatic heterocycles. The summed E-state index contributed by atoms with van der Waals surface area (Å²) >= 11 is 5.45. The Hall–Kier alpha value is -2.11. The monoisotopic (exact) mass is 358 g/mol. The quantitative estimate of drug-likeness (QED) is 0.665. The lowest BCUT2D eigenvalue weighted by Crippen LogP contribution is -3.07. The van der Waals surface area contributed by atoms with Crippen LogP contribution in [0.4, 0.5) is 5.69 Å². The SMILES string of the molecule is CCc1ccc(NC(=S)NC[C@@H](c2ccccc2OC)[NH+](C)C)cc1. The largest absolute Gasteiger partial charge is 0.496 e. The molecule has 5 heteroatoms. The van der Waals surface area contributed by atoms with Crippen LogP contribution in [0.2, 0.25) is 0 Å². The molecule has 0 unspecified atom stereocenters. The summed E-state index contributed by atoms with van der Waals surface area (Å²) in [6.07, 6.45) is 1.04. The van der Waals surface area contributed by atoms with Crippen molar-refractivity contribution >= 4 is 23.0 Å². The van der Waals surface area contributed by atoms with Gasteiger partial charge in [0.05, 0.1) is 33.3 Å². The number of rotatable bonds is 7. The van der Waals surface area contributed by atoms with Crippen molar-refractivity contribution in [2.75, 3.05) is 33.1 Å². The number of hydrogen-bond acceptors (Lipinski definition) is 2. The van der Waals surface area contributed by atoms with Crippen molar-refractivity contribution in [3.05, 3.63) is 59.7 Å². The maximum absolute atomic E-state index is 5.51. The molecule has 0 fully saturated rings. The number of aryl methyl sites for hydroxylation is 1. The third-order valence-electron chi connectivity index (χ3n) is 4.30. The van der Waals surface area contributed by atoms with Gasteiger partial charge in [-0.1, -0.05) is 31.2 Å². The van der Waals surface area contributed by atoms with E-state index in [0.717, 1.165) is 24.4 Å². The van der Waals surface area contributed by atoms with Crippen LogP contribution in [-0.4, -0.2) is 32.9 Å². The fraction of sp³-hybridized carbons (Fsp3) is 0.350. The number of anilines is 1. The number of hydrogen-bond donors (Lipinski definition) is 3. The Morgan fingerprint density at radius 3 is 2.40 bits per heavy atom. The fourth-order valence-electron chi connectivity index (χ4n) is 2.77. The van der Waals surface area contributed by atoms with Crippen LogP contribution >= 0.6 is 12.2 Å². The lowest BCUT2D eigenvalue weighted by Gasteiger charge is -2.24. The van der Waals surface area contributed by atoms with E-state index in [2.05, 4.69) is 62.0 Å². The van der Waals surface area contributed by atoms with Crippen molar-refractivity contribution in [2.24, 2.45) is 0 Å². The first-order chi connectivity index (χ1) is 12.0. The molecule has 2 aromatic rings. The van der Waals surface area contributed by atoms with Crippen molar-refractivity contribution in [1.82, 2.24) is 5.32 Å². The lowest BCUT2D eigenvalue weighted by atomic mass is 10.0. The molecule has 2 rings (SSSR count). The molecule has 4 nitrogen and oxygen atoms in total. The first-order valence-electron chi connectivity index (χ1n) is 8.62. The topological polar surface area (TPSA) is 37.7 Å². The number of thiocarbonyl (C=S) groups is 1. The Balaban J connectivity index is 1.99. The van der Waals surface area contributed by atoms with E-state index in [1.54, 1.807) is 7.11 Å². The van der Waals surface area contributed by atoms with Gasteiger partial charge in [0, 0.05) is 5.69 Å². The number of likely N-dealkylation sites (N-methyl/N-ethyl adjacent to an activating group) is 1. The van der Waals surface area contributed by atoms with E-state index >= 15 is 0 Å². The minimum Gasteiger partial charge on any atom is -0.496 e. The molecule has 0 heterocycles. The van der Waals surface area contributed by atoms with Gasteiger partial charge in [-0.3, -0.25) is 0 Å². The molecule has 0 spiro atoms. The Kier molecular flexibility index (Phi) is 7.22. The molecular formula is C20H28N3OS+. The first kappa shape index (κ1) is 19.2. The lowest BCUT2D eigenvalue weighted by molar-refractivity contribution is -0.890. The van der Waals surface area contributed by atoms with Crippen LogP contribution in [0.5, 0.6) is 5.75 Å². The molecule has 0 aliphatic carbocycles. The number of ether oxygens (including phenoxy) is 1. The first-order valence-corrected chi connectivity index (χ1v) is 9.02. The van der Waals surface area contributed by atoms with Crippen LogP contribution in [-0.2, 0) is 6.42 Å². The normalized spacial score (nSPS) is 11.9. The molecule has 1 atom stereocenters. The molecule has 25 heavy (non-hydrogen) atoms. The molecule has 0 saturated carbocycles. The number of para-hydroxylation sites is 1. The summed E-state index contributed by atoms with van der Waals surface area (Å²) in [5.41, 5.74) is 3.49. The van der Waals surface area contributed by atoms with Gasteiger partial charge in [-0.05, 0) is 48.5 Å².